The van der Waals surface area contributed by atoms with E-state index >= 15 is 0 Å². The molecule has 1 saturated carbocycles. The van der Waals surface area contributed by atoms with Gasteiger partial charge in [-0.2, -0.15) is 0 Å². The van der Waals surface area contributed by atoms with Crippen LogP contribution >= 0.6 is 0 Å². The topological polar surface area (TPSA) is 70.5 Å². The largest absolute Gasteiger partial charge is 0.490 e. The van der Waals surface area contributed by atoms with E-state index in [2.05, 4.69) is 0 Å². The second kappa shape index (κ2) is 8.18. The van der Waals surface area contributed by atoms with E-state index in [1.54, 1.807) is 0 Å². The highest BCUT2D eigenvalue weighted by molar-refractivity contribution is 5.28. The Morgan fingerprint density at radius 3 is 1.83 bits per heavy atom. The minimum absolute atomic E-state index is 0.0802. The fourth-order valence-corrected chi connectivity index (χ4v) is 2.86. The van der Waals surface area contributed by atoms with Gasteiger partial charge in [-0.3, -0.25) is 0 Å². The van der Waals surface area contributed by atoms with Crippen molar-refractivity contribution in [2.24, 2.45) is 17.4 Å². The van der Waals surface area contributed by atoms with Crippen molar-refractivity contribution in [3.63, 3.8) is 0 Å². The lowest BCUT2D eigenvalue weighted by molar-refractivity contribution is 0.0430. The fourth-order valence-electron chi connectivity index (χ4n) is 2.86. The van der Waals surface area contributed by atoms with E-state index in [1.807, 2.05) is 48.5 Å². The number of hydrogen-bond acceptors (Lipinski definition) is 4. The van der Waals surface area contributed by atoms with E-state index in [4.69, 9.17) is 20.9 Å². The lowest BCUT2D eigenvalue weighted by atomic mass is 9.81. The first-order valence-electron chi connectivity index (χ1n) is 8.66. The van der Waals surface area contributed by atoms with Crippen LogP contribution in [0.15, 0.2) is 48.5 Å². The van der Waals surface area contributed by atoms with Crippen molar-refractivity contribution in [1.82, 2.24) is 0 Å². The number of hydrogen-bond donors (Lipinski definition) is 2. The minimum atomic E-state index is 0.0802. The van der Waals surface area contributed by atoms with Crippen molar-refractivity contribution in [3.8, 4) is 11.5 Å². The summed E-state index contributed by atoms with van der Waals surface area (Å²) in [6.07, 6.45) is 3.78. The molecular formula is C20H26N2O2. The van der Waals surface area contributed by atoms with Crippen LogP contribution in [-0.2, 0) is 13.1 Å². The molecule has 4 N–H and O–H groups in total. The maximum atomic E-state index is 6.20. The zero-order valence-electron chi connectivity index (χ0n) is 14.0. The maximum Gasteiger partial charge on any atom is 0.135 e. The molecule has 0 saturated heterocycles. The first-order valence-corrected chi connectivity index (χ1v) is 8.66. The highest BCUT2D eigenvalue weighted by Crippen LogP contribution is 2.32. The van der Waals surface area contributed by atoms with Gasteiger partial charge in [-0.05, 0) is 54.2 Å². The van der Waals surface area contributed by atoms with Gasteiger partial charge >= 0.3 is 0 Å². The number of nitrogens with two attached hydrogens (primary N) is 2. The van der Waals surface area contributed by atoms with E-state index < -0.39 is 0 Å². The average molecular weight is 326 g/mol. The molecular weight excluding hydrogens is 300 g/mol. The molecule has 24 heavy (non-hydrogen) atoms. The van der Waals surface area contributed by atoms with E-state index in [0.717, 1.165) is 22.6 Å². The molecule has 0 bridgehead atoms. The third-order valence-corrected chi connectivity index (χ3v) is 4.70. The lowest BCUT2D eigenvalue weighted by Crippen LogP contribution is -2.37. The first-order chi connectivity index (χ1) is 11.8. The van der Waals surface area contributed by atoms with E-state index in [-0.39, 0.29) is 6.10 Å². The second-order valence-corrected chi connectivity index (χ2v) is 6.35. The van der Waals surface area contributed by atoms with Gasteiger partial charge < -0.3 is 20.9 Å². The third kappa shape index (κ3) is 4.28. The van der Waals surface area contributed by atoms with Crippen LogP contribution in [0.25, 0.3) is 0 Å². The molecule has 1 unspecified atom stereocenters. The zero-order valence-corrected chi connectivity index (χ0v) is 14.0. The van der Waals surface area contributed by atoms with Crippen LogP contribution in [0.2, 0.25) is 0 Å². The van der Waals surface area contributed by atoms with Crippen LogP contribution in [0.3, 0.4) is 0 Å². The molecule has 1 fully saturated rings. The molecule has 1 atom stereocenters. The average Bonchev–Trinajstić information content (AvgIpc) is 2.59. The predicted molar refractivity (Wildman–Crippen MR) is 95.9 cm³/mol. The van der Waals surface area contributed by atoms with Gasteiger partial charge in [0, 0.05) is 13.1 Å². The third-order valence-electron chi connectivity index (χ3n) is 4.70. The van der Waals surface area contributed by atoms with Crippen LogP contribution in [0.5, 0.6) is 11.5 Å². The maximum absolute atomic E-state index is 6.20. The Hall–Kier alpha value is -2.04. The quantitative estimate of drug-likeness (QED) is 0.781. The molecule has 0 amide bonds. The Morgan fingerprint density at radius 2 is 1.38 bits per heavy atom. The molecule has 0 aliphatic heterocycles. The molecule has 0 spiro atoms. The SMILES string of the molecule is NCc1ccc(OCC(Oc2ccc(CN)cc2)C2CCC2)cc1. The summed E-state index contributed by atoms with van der Waals surface area (Å²) >= 11 is 0. The summed E-state index contributed by atoms with van der Waals surface area (Å²) in [7, 11) is 0. The molecule has 0 heterocycles. The van der Waals surface area contributed by atoms with Gasteiger partial charge in [0.05, 0.1) is 0 Å². The van der Waals surface area contributed by atoms with E-state index in [9.17, 15) is 0 Å². The summed E-state index contributed by atoms with van der Waals surface area (Å²) in [4.78, 5) is 0. The Balaban J connectivity index is 1.60. The Labute approximate surface area is 143 Å². The second-order valence-electron chi connectivity index (χ2n) is 6.35. The van der Waals surface area contributed by atoms with Crippen molar-refractivity contribution in [3.05, 3.63) is 59.7 Å². The van der Waals surface area contributed by atoms with Crippen LogP contribution in [0, 0.1) is 5.92 Å². The summed E-state index contributed by atoms with van der Waals surface area (Å²) in [5.74, 6) is 2.31. The number of benzene rings is 2. The van der Waals surface area contributed by atoms with Crippen LogP contribution in [-0.4, -0.2) is 12.7 Å². The highest BCUT2D eigenvalue weighted by Gasteiger charge is 2.29. The standard InChI is InChI=1S/C20H26N2O2/c21-12-15-4-8-18(9-5-15)23-14-20(17-2-1-3-17)24-19-10-6-16(13-22)7-11-19/h4-11,17,20H,1-3,12-14,21-22H2. The molecule has 1 aliphatic carbocycles. The molecule has 0 aromatic heterocycles. The molecule has 128 valence electrons. The van der Waals surface area contributed by atoms with Crippen molar-refractivity contribution in [1.29, 1.82) is 0 Å². The van der Waals surface area contributed by atoms with E-state index in [1.165, 1.54) is 19.3 Å². The molecule has 4 nitrogen and oxygen atoms in total. The van der Waals surface area contributed by atoms with E-state index in [0.29, 0.717) is 25.6 Å². The summed E-state index contributed by atoms with van der Waals surface area (Å²) in [5, 5.41) is 0. The molecule has 4 heteroatoms. The smallest absolute Gasteiger partial charge is 0.135 e. The fraction of sp³-hybridized carbons (Fsp3) is 0.400. The minimum Gasteiger partial charge on any atom is -0.490 e. The number of rotatable bonds is 8. The van der Waals surface area contributed by atoms with Crippen molar-refractivity contribution >= 4 is 0 Å². The molecule has 0 radical (unpaired) electrons. The first kappa shape index (κ1) is 16.8. The Bertz CT molecular complexity index is 621. The Morgan fingerprint density at radius 1 is 0.833 bits per heavy atom. The predicted octanol–water partition coefficient (Wildman–Crippen LogP) is 3.23. The molecule has 2 aromatic rings. The monoisotopic (exact) mass is 326 g/mol. The Kier molecular flexibility index (Phi) is 5.72. The van der Waals surface area contributed by atoms with Gasteiger partial charge in [-0.25, -0.2) is 0 Å². The van der Waals surface area contributed by atoms with Crippen molar-refractivity contribution in [2.45, 2.75) is 38.5 Å². The normalized spacial score (nSPS) is 15.6. The summed E-state index contributed by atoms with van der Waals surface area (Å²) in [6, 6.07) is 15.9. The lowest BCUT2D eigenvalue weighted by Gasteiger charge is -2.33. The van der Waals surface area contributed by atoms with Gasteiger partial charge in [0.1, 0.15) is 24.2 Å². The van der Waals surface area contributed by atoms with Crippen molar-refractivity contribution < 1.29 is 9.47 Å². The zero-order chi connectivity index (χ0) is 16.8. The van der Waals surface area contributed by atoms with Crippen LogP contribution < -0.4 is 20.9 Å². The van der Waals surface area contributed by atoms with Gasteiger partial charge in [0.25, 0.3) is 0 Å². The van der Waals surface area contributed by atoms with Crippen LogP contribution in [0.1, 0.15) is 30.4 Å². The van der Waals surface area contributed by atoms with Gasteiger partial charge in [-0.15, -0.1) is 0 Å². The van der Waals surface area contributed by atoms with Crippen LogP contribution in [0.4, 0.5) is 0 Å². The summed E-state index contributed by atoms with van der Waals surface area (Å²) in [5.41, 5.74) is 13.5. The van der Waals surface area contributed by atoms with Gasteiger partial charge in [-0.1, -0.05) is 30.7 Å². The molecule has 1 aliphatic rings. The number of ether oxygens (including phenoxy) is 2. The van der Waals surface area contributed by atoms with Crippen molar-refractivity contribution in [2.75, 3.05) is 6.61 Å². The van der Waals surface area contributed by atoms with Gasteiger partial charge in [0.15, 0.2) is 0 Å². The molecule has 3 rings (SSSR count). The summed E-state index contributed by atoms with van der Waals surface area (Å²) < 4.78 is 12.2. The summed E-state index contributed by atoms with van der Waals surface area (Å²) in [6.45, 7) is 1.66. The van der Waals surface area contributed by atoms with Gasteiger partial charge in [0.2, 0.25) is 0 Å². The molecule has 2 aromatic carbocycles. The highest BCUT2D eigenvalue weighted by atomic mass is 16.5.